The van der Waals surface area contributed by atoms with Gasteiger partial charge in [-0.15, -0.1) is 0 Å². The molecule has 0 unspecified atom stereocenters. The van der Waals surface area contributed by atoms with Gasteiger partial charge in [0.1, 0.15) is 5.75 Å². The molecule has 0 atom stereocenters. The highest BCUT2D eigenvalue weighted by Crippen LogP contribution is 2.38. The molecule has 0 radical (unpaired) electrons. The van der Waals surface area contributed by atoms with Crippen LogP contribution in [-0.4, -0.2) is 48.9 Å². The smallest absolute Gasteiger partial charge is 0.401 e. The van der Waals surface area contributed by atoms with Gasteiger partial charge in [-0.2, -0.15) is 13.2 Å². The maximum Gasteiger partial charge on any atom is 0.401 e. The first-order valence-electron chi connectivity index (χ1n) is 6.94. The fraction of sp³-hybridized carbons (Fsp3) is 0.533. The van der Waals surface area contributed by atoms with Gasteiger partial charge < -0.3 is 9.84 Å². The van der Waals surface area contributed by atoms with Gasteiger partial charge in [0.25, 0.3) is 0 Å². The van der Waals surface area contributed by atoms with E-state index in [1.807, 2.05) is 0 Å². The van der Waals surface area contributed by atoms with Crippen LogP contribution in [0.1, 0.15) is 18.4 Å². The number of likely N-dealkylation sites (tertiary alicyclic amines) is 1. The Morgan fingerprint density at radius 1 is 1.36 bits per heavy atom. The van der Waals surface area contributed by atoms with E-state index in [2.05, 4.69) is 0 Å². The van der Waals surface area contributed by atoms with Crippen LogP contribution in [0.25, 0.3) is 0 Å². The molecule has 1 aliphatic rings. The van der Waals surface area contributed by atoms with Gasteiger partial charge in [0.15, 0.2) is 0 Å². The molecule has 1 heterocycles. The number of hydrogen-bond donors (Lipinski definition) is 1. The summed E-state index contributed by atoms with van der Waals surface area (Å²) in [6, 6.07) is 6.74. The van der Waals surface area contributed by atoms with E-state index in [0.29, 0.717) is 11.3 Å². The van der Waals surface area contributed by atoms with E-state index in [-0.39, 0.29) is 25.9 Å². The van der Waals surface area contributed by atoms with E-state index in [9.17, 15) is 23.1 Å². The van der Waals surface area contributed by atoms with Crippen LogP contribution in [0.5, 0.6) is 5.75 Å². The van der Waals surface area contributed by atoms with Crippen molar-refractivity contribution in [2.75, 3.05) is 26.7 Å². The summed E-state index contributed by atoms with van der Waals surface area (Å²) in [6.45, 7) is -0.799. The topological polar surface area (TPSA) is 49.8 Å². The molecule has 22 heavy (non-hydrogen) atoms. The number of hydrogen-bond acceptors (Lipinski definition) is 3. The highest BCUT2D eigenvalue weighted by Gasteiger charge is 2.44. The molecule has 1 fully saturated rings. The molecule has 0 aromatic heterocycles. The molecule has 1 aromatic carbocycles. The molecule has 1 N–H and O–H groups in total. The van der Waals surface area contributed by atoms with Gasteiger partial charge in [0, 0.05) is 0 Å². The lowest BCUT2D eigenvalue weighted by Crippen LogP contribution is -2.49. The number of aliphatic carboxylic acids is 1. The Kier molecular flexibility index (Phi) is 4.65. The van der Waals surface area contributed by atoms with E-state index < -0.39 is 24.1 Å². The number of carbonyl (C=O) groups is 1. The van der Waals surface area contributed by atoms with Gasteiger partial charge in [-0.1, -0.05) is 12.1 Å². The SMILES string of the molecule is COc1cccc(C2(C(=O)O)CCN(CC(F)(F)F)CC2)c1. The fourth-order valence-electron chi connectivity index (χ4n) is 2.89. The summed E-state index contributed by atoms with van der Waals surface area (Å²) in [5.74, 6) is -0.469. The quantitative estimate of drug-likeness (QED) is 0.927. The van der Waals surface area contributed by atoms with Crippen molar-refractivity contribution in [2.24, 2.45) is 0 Å². The van der Waals surface area contributed by atoms with Crippen LogP contribution in [0, 0.1) is 0 Å². The summed E-state index contributed by atoms with van der Waals surface area (Å²) in [5.41, 5.74) is -0.581. The van der Waals surface area contributed by atoms with E-state index in [0.717, 1.165) is 0 Å². The molecule has 0 amide bonds. The van der Waals surface area contributed by atoms with Crippen molar-refractivity contribution < 1.29 is 27.8 Å². The summed E-state index contributed by atoms with van der Waals surface area (Å²) >= 11 is 0. The Bertz CT molecular complexity index is 537. The lowest BCUT2D eigenvalue weighted by Gasteiger charge is -2.39. The first-order valence-corrected chi connectivity index (χ1v) is 6.94. The maximum absolute atomic E-state index is 12.4. The number of benzene rings is 1. The molecule has 0 aliphatic carbocycles. The van der Waals surface area contributed by atoms with Gasteiger partial charge in [-0.05, 0) is 43.6 Å². The third-order valence-electron chi connectivity index (χ3n) is 4.14. The lowest BCUT2D eigenvalue weighted by atomic mass is 9.72. The van der Waals surface area contributed by atoms with Crippen molar-refractivity contribution in [1.29, 1.82) is 0 Å². The normalized spacial score (nSPS) is 18.9. The molecule has 122 valence electrons. The minimum absolute atomic E-state index is 0.100. The highest BCUT2D eigenvalue weighted by molar-refractivity contribution is 5.81. The molecule has 1 saturated heterocycles. The largest absolute Gasteiger partial charge is 0.497 e. The van der Waals surface area contributed by atoms with Crippen LogP contribution >= 0.6 is 0 Å². The Balaban J connectivity index is 2.20. The van der Waals surface area contributed by atoms with Crippen molar-refractivity contribution in [3.63, 3.8) is 0 Å². The Labute approximate surface area is 126 Å². The molecule has 1 aliphatic heterocycles. The number of piperidine rings is 1. The van der Waals surface area contributed by atoms with E-state index in [1.54, 1.807) is 24.3 Å². The number of ether oxygens (including phenoxy) is 1. The minimum atomic E-state index is -4.26. The number of carboxylic acid groups (broad SMARTS) is 1. The van der Waals surface area contributed by atoms with E-state index in [4.69, 9.17) is 4.74 Å². The molecular weight excluding hydrogens is 299 g/mol. The molecule has 0 bridgehead atoms. The van der Waals surface area contributed by atoms with Gasteiger partial charge in [0.2, 0.25) is 0 Å². The van der Waals surface area contributed by atoms with Crippen LogP contribution in [0.4, 0.5) is 13.2 Å². The van der Waals surface area contributed by atoms with Crippen molar-refractivity contribution >= 4 is 5.97 Å². The molecule has 0 saturated carbocycles. The van der Waals surface area contributed by atoms with Crippen molar-refractivity contribution in [2.45, 2.75) is 24.4 Å². The standard InChI is InChI=1S/C15H18F3NO3/c1-22-12-4-2-3-11(9-12)14(13(20)21)5-7-19(8-6-14)10-15(16,17)18/h2-4,9H,5-8,10H2,1H3,(H,20,21). The predicted octanol–water partition coefficient (Wildman–Crippen LogP) is 2.68. The van der Waals surface area contributed by atoms with Gasteiger partial charge in [-0.25, -0.2) is 0 Å². The zero-order valence-corrected chi connectivity index (χ0v) is 12.2. The Hall–Kier alpha value is -1.76. The van der Waals surface area contributed by atoms with E-state index >= 15 is 0 Å². The van der Waals surface area contributed by atoms with Crippen LogP contribution in [-0.2, 0) is 10.2 Å². The van der Waals surface area contributed by atoms with Gasteiger partial charge >= 0.3 is 12.1 Å². The Morgan fingerprint density at radius 2 is 2.00 bits per heavy atom. The van der Waals surface area contributed by atoms with Crippen molar-refractivity contribution in [3.8, 4) is 5.75 Å². The zero-order valence-electron chi connectivity index (χ0n) is 12.2. The number of rotatable bonds is 4. The third kappa shape index (κ3) is 3.52. The Morgan fingerprint density at radius 3 is 2.50 bits per heavy atom. The van der Waals surface area contributed by atoms with Crippen molar-refractivity contribution in [1.82, 2.24) is 4.90 Å². The molecule has 4 nitrogen and oxygen atoms in total. The number of carboxylic acids is 1. The summed E-state index contributed by atoms with van der Waals surface area (Å²) in [4.78, 5) is 13.0. The fourth-order valence-corrected chi connectivity index (χ4v) is 2.89. The van der Waals surface area contributed by atoms with Crippen molar-refractivity contribution in [3.05, 3.63) is 29.8 Å². The second-order valence-electron chi connectivity index (χ2n) is 5.51. The number of methoxy groups -OCH3 is 1. The van der Waals surface area contributed by atoms with Crippen LogP contribution in [0.2, 0.25) is 0 Å². The molecule has 0 spiro atoms. The minimum Gasteiger partial charge on any atom is -0.497 e. The second-order valence-corrected chi connectivity index (χ2v) is 5.51. The van der Waals surface area contributed by atoms with E-state index in [1.165, 1.54) is 12.0 Å². The number of halogens is 3. The molecular formula is C15H18F3NO3. The number of alkyl halides is 3. The second kappa shape index (κ2) is 6.16. The average Bonchev–Trinajstić information content (AvgIpc) is 2.46. The lowest BCUT2D eigenvalue weighted by molar-refractivity contribution is -0.154. The highest BCUT2D eigenvalue weighted by atomic mass is 19.4. The molecule has 2 rings (SSSR count). The average molecular weight is 317 g/mol. The summed E-state index contributed by atoms with van der Waals surface area (Å²) in [5, 5.41) is 9.64. The van der Waals surface area contributed by atoms with Crippen LogP contribution < -0.4 is 4.74 Å². The molecule has 7 heteroatoms. The number of nitrogens with zero attached hydrogens (tertiary/aromatic N) is 1. The zero-order chi connectivity index (χ0) is 16.4. The van der Waals surface area contributed by atoms with Crippen LogP contribution in [0.3, 0.4) is 0 Å². The maximum atomic E-state index is 12.4. The third-order valence-corrected chi connectivity index (χ3v) is 4.14. The first-order chi connectivity index (χ1) is 10.3. The van der Waals surface area contributed by atoms with Gasteiger partial charge in [-0.3, -0.25) is 9.69 Å². The monoisotopic (exact) mass is 317 g/mol. The summed E-state index contributed by atoms with van der Waals surface area (Å²) < 4.78 is 42.4. The molecule has 1 aromatic rings. The van der Waals surface area contributed by atoms with Gasteiger partial charge in [0.05, 0.1) is 19.1 Å². The summed E-state index contributed by atoms with van der Waals surface area (Å²) in [6.07, 6.45) is -3.98. The first kappa shape index (κ1) is 16.6. The van der Waals surface area contributed by atoms with Crippen LogP contribution in [0.15, 0.2) is 24.3 Å². The summed E-state index contributed by atoms with van der Waals surface area (Å²) in [7, 11) is 1.48. The predicted molar refractivity (Wildman–Crippen MR) is 74.0 cm³/mol.